The molecule has 0 aromatic heterocycles. The minimum atomic E-state index is 0.296. The van der Waals surface area contributed by atoms with Gasteiger partial charge in [0.05, 0.1) is 7.11 Å². The summed E-state index contributed by atoms with van der Waals surface area (Å²) in [5.74, 6) is 1.45. The standard InChI is InChI=1S/C14H22N2O2/c1-18-14-7-12(6-13(15)8-14)10-16-4-2-11(9-16)3-5-17/h6-8,11,17H,2-5,9-10,15H2,1H3. The van der Waals surface area contributed by atoms with Crippen LogP contribution < -0.4 is 10.5 Å². The number of aliphatic hydroxyl groups excluding tert-OH is 1. The third-order valence-electron chi connectivity index (χ3n) is 3.54. The third kappa shape index (κ3) is 3.37. The van der Waals surface area contributed by atoms with Gasteiger partial charge in [-0.2, -0.15) is 0 Å². The minimum absolute atomic E-state index is 0.296. The Balaban J connectivity index is 1.95. The molecule has 0 amide bonds. The van der Waals surface area contributed by atoms with Crippen LogP contribution in [0.3, 0.4) is 0 Å². The van der Waals surface area contributed by atoms with Crippen LogP contribution in [0.4, 0.5) is 5.69 Å². The van der Waals surface area contributed by atoms with Crippen molar-refractivity contribution < 1.29 is 9.84 Å². The Labute approximate surface area is 108 Å². The summed E-state index contributed by atoms with van der Waals surface area (Å²) < 4.78 is 5.23. The molecule has 2 rings (SSSR count). The summed E-state index contributed by atoms with van der Waals surface area (Å²) in [5, 5.41) is 8.96. The number of hydrogen-bond acceptors (Lipinski definition) is 4. The van der Waals surface area contributed by atoms with Crippen molar-refractivity contribution >= 4 is 5.69 Å². The number of nitrogens with two attached hydrogens (primary N) is 1. The number of aliphatic hydroxyl groups is 1. The molecular weight excluding hydrogens is 228 g/mol. The minimum Gasteiger partial charge on any atom is -0.497 e. The lowest BCUT2D eigenvalue weighted by Gasteiger charge is -2.16. The Morgan fingerprint density at radius 2 is 2.28 bits per heavy atom. The number of anilines is 1. The Morgan fingerprint density at radius 3 is 3.00 bits per heavy atom. The highest BCUT2D eigenvalue weighted by Crippen LogP contribution is 2.24. The second-order valence-corrected chi connectivity index (χ2v) is 5.02. The zero-order valence-corrected chi connectivity index (χ0v) is 10.9. The van der Waals surface area contributed by atoms with Crippen LogP contribution >= 0.6 is 0 Å². The number of methoxy groups -OCH3 is 1. The van der Waals surface area contributed by atoms with Gasteiger partial charge in [-0.15, -0.1) is 0 Å². The van der Waals surface area contributed by atoms with Gasteiger partial charge in [-0.05, 0) is 43.0 Å². The molecule has 4 heteroatoms. The van der Waals surface area contributed by atoms with Crippen molar-refractivity contribution in [2.24, 2.45) is 5.92 Å². The van der Waals surface area contributed by atoms with Gasteiger partial charge < -0.3 is 15.6 Å². The highest BCUT2D eigenvalue weighted by Gasteiger charge is 2.21. The van der Waals surface area contributed by atoms with E-state index in [-0.39, 0.29) is 0 Å². The molecule has 0 spiro atoms. The van der Waals surface area contributed by atoms with Gasteiger partial charge in [0.1, 0.15) is 5.75 Å². The van der Waals surface area contributed by atoms with Gasteiger partial charge >= 0.3 is 0 Å². The van der Waals surface area contributed by atoms with E-state index in [1.165, 1.54) is 12.0 Å². The lowest BCUT2D eigenvalue weighted by molar-refractivity contribution is 0.249. The van der Waals surface area contributed by atoms with Gasteiger partial charge in [0.25, 0.3) is 0 Å². The highest BCUT2D eigenvalue weighted by atomic mass is 16.5. The molecule has 0 saturated carbocycles. The lowest BCUT2D eigenvalue weighted by Crippen LogP contribution is -2.20. The first-order chi connectivity index (χ1) is 8.71. The van der Waals surface area contributed by atoms with Crippen LogP contribution in [-0.4, -0.2) is 36.8 Å². The van der Waals surface area contributed by atoms with Crippen LogP contribution in [0.5, 0.6) is 5.75 Å². The maximum absolute atomic E-state index is 8.96. The SMILES string of the molecule is COc1cc(N)cc(CN2CCC(CCO)C2)c1. The van der Waals surface area contributed by atoms with Crippen LogP contribution in [-0.2, 0) is 6.54 Å². The van der Waals surface area contributed by atoms with E-state index in [1.54, 1.807) is 7.11 Å². The zero-order valence-electron chi connectivity index (χ0n) is 10.9. The molecule has 1 aromatic carbocycles. The predicted octanol–water partition coefficient (Wildman–Crippen LogP) is 1.48. The molecule has 0 aliphatic carbocycles. The fraction of sp³-hybridized carbons (Fsp3) is 0.571. The molecule has 3 N–H and O–H groups in total. The molecule has 1 unspecified atom stereocenters. The molecule has 100 valence electrons. The fourth-order valence-electron chi connectivity index (χ4n) is 2.63. The van der Waals surface area contributed by atoms with E-state index in [0.717, 1.165) is 37.5 Å². The van der Waals surface area contributed by atoms with E-state index < -0.39 is 0 Å². The monoisotopic (exact) mass is 250 g/mol. The quantitative estimate of drug-likeness (QED) is 0.777. The molecule has 1 fully saturated rings. The van der Waals surface area contributed by atoms with Crippen LogP contribution in [0.1, 0.15) is 18.4 Å². The summed E-state index contributed by atoms with van der Waals surface area (Å²) in [6.45, 7) is 3.37. The van der Waals surface area contributed by atoms with Crippen molar-refractivity contribution in [2.45, 2.75) is 19.4 Å². The lowest BCUT2D eigenvalue weighted by atomic mass is 10.1. The van der Waals surface area contributed by atoms with Crippen molar-refractivity contribution in [1.29, 1.82) is 0 Å². The first-order valence-corrected chi connectivity index (χ1v) is 6.48. The van der Waals surface area contributed by atoms with Gasteiger partial charge in [-0.3, -0.25) is 4.90 Å². The van der Waals surface area contributed by atoms with Crippen molar-refractivity contribution in [3.63, 3.8) is 0 Å². The van der Waals surface area contributed by atoms with E-state index in [2.05, 4.69) is 4.90 Å². The summed E-state index contributed by atoms with van der Waals surface area (Å²) in [6, 6.07) is 5.87. The topological polar surface area (TPSA) is 58.7 Å². The Bertz CT molecular complexity index is 395. The molecule has 1 heterocycles. The van der Waals surface area contributed by atoms with E-state index in [4.69, 9.17) is 15.6 Å². The Hall–Kier alpha value is -1.26. The average Bonchev–Trinajstić information content (AvgIpc) is 2.76. The summed E-state index contributed by atoms with van der Waals surface area (Å²) in [6.07, 6.45) is 2.09. The molecule has 0 radical (unpaired) electrons. The Morgan fingerprint density at radius 1 is 1.44 bits per heavy atom. The molecule has 1 aromatic rings. The predicted molar refractivity (Wildman–Crippen MR) is 72.5 cm³/mol. The van der Waals surface area contributed by atoms with E-state index >= 15 is 0 Å². The maximum Gasteiger partial charge on any atom is 0.121 e. The Kier molecular flexibility index (Phi) is 4.44. The number of ether oxygens (including phenoxy) is 1. The van der Waals surface area contributed by atoms with Gasteiger partial charge in [-0.25, -0.2) is 0 Å². The molecule has 18 heavy (non-hydrogen) atoms. The van der Waals surface area contributed by atoms with Crippen molar-refractivity contribution in [2.75, 3.05) is 32.5 Å². The van der Waals surface area contributed by atoms with Crippen molar-refractivity contribution in [3.05, 3.63) is 23.8 Å². The number of benzene rings is 1. The van der Waals surface area contributed by atoms with E-state index in [1.807, 2.05) is 18.2 Å². The van der Waals surface area contributed by atoms with Crippen molar-refractivity contribution in [1.82, 2.24) is 4.90 Å². The third-order valence-corrected chi connectivity index (χ3v) is 3.54. The van der Waals surface area contributed by atoms with Crippen LogP contribution in [0.2, 0.25) is 0 Å². The number of likely N-dealkylation sites (tertiary alicyclic amines) is 1. The second-order valence-electron chi connectivity index (χ2n) is 5.02. The molecule has 1 aliphatic rings. The largest absolute Gasteiger partial charge is 0.497 e. The summed E-state index contributed by atoms with van der Waals surface area (Å²) in [5.41, 5.74) is 7.79. The molecule has 0 bridgehead atoms. The number of nitrogen functional groups attached to an aromatic ring is 1. The summed E-state index contributed by atoms with van der Waals surface area (Å²) in [7, 11) is 1.66. The fourth-order valence-corrected chi connectivity index (χ4v) is 2.63. The summed E-state index contributed by atoms with van der Waals surface area (Å²) >= 11 is 0. The van der Waals surface area contributed by atoms with Crippen molar-refractivity contribution in [3.8, 4) is 5.75 Å². The van der Waals surface area contributed by atoms with Crippen LogP contribution in [0.15, 0.2) is 18.2 Å². The zero-order chi connectivity index (χ0) is 13.0. The van der Waals surface area contributed by atoms with Crippen LogP contribution in [0, 0.1) is 5.92 Å². The smallest absolute Gasteiger partial charge is 0.121 e. The highest BCUT2D eigenvalue weighted by molar-refractivity contribution is 5.47. The van der Waals surface area contributed by atoms with E-state index in [9.17, 15) is 0 Å². The maximum atomic E-state index is 8.96. The number of hydrogen-bond donors (Lipinski definition) is 2. The molecular formula is C14H22N2O2. The molecule has 1 aliphatic heterocycles. The van der Waals surface area contributed by atoms with Crippen LogP contribution in [0.25, 0.3) is 0 Å². The van der Waals surface area contributed by atoms with Gasteiger partial charge in [0, 0.05) is 31.5 Å². The van der Waals surface area contributed by atoms with Gasteiger partial charge in [0.2, 0.25) is 0 Å². The number of nitrogens with zero attached hydrogens (tertiary/aromatic N) is 1. The number of rotatable bonds is 5. The first-order valence-electron chi connectivity index (χ1n) is 6.48. The molecule has 1 saturated heterocycles. The van der Waals surface area contributed by atoms with Gasteiger partial charge in [0.15, 0.2) is 0 Å². The van der Waals surface area contributed by atoms with Gasteiger partial charge in [-0.1, -0.05) is 0 Å². The first kappa shape index (κ1) is 13.2. The summed E-state index contributed by atoms with van der Waals surface area (Å²) in [4.78, 5) is 2.41. The second kappa shape index (κ2) is 6.07. The normalized spacial score (nSPS) is 20.2. The molecule has 1 atom stereocenters. The molecule has 4 nitrogen and oxygen atoms in total. The van der Waals surface area contributed by atoms with E-state index in [0.29, 0.717) is 12.5 Å². The average molecular weight is 250 g/mol.